The standard InChI is InChI=1S/C25H25N9O3/c26-22(35)17-7-21(27-8-20(17)32-9-19(28-12-32)25(36)30-15-10-37-11-15)33-5-1-2-14-6-18-24(31-23(14)33)34(13-29-18)16-3-4-16/h6-9,12-13,15-16H,1-5,10-11H2,(H2,26,35)(H,30,36). The van der Waals surface area contributed by atoms with Crippen molar-refractivity contribution in [1.82, 2.24) is 34.4 Å². The summed E-state index contributed by atoms with van der Waals surface area (Å²) in [6, 6.07) is 4.25. The zero-order chi connectivity index (χ0) is 25.1. The van der Waals surface area contributed by atoms with Gasteiger partial charge in [-0.05, 0) is 43.4 Å². The predicted octanol–water partition coefficient (Wildman–Crippen LogP) is 1.66. The van der Waals surface area contributed by atoms with Crippen LogP contribution in [0.25, 0.3) is 16.9 Å². The molecule has 2 aliphatic heterocycles. The van der Waals surface area contributed by atoms with E-state index in [9.17, 15) is 9.59 Å². The molecule has 1 saturated carbocycles. The Balaban J connectivity index is 1.23. The number of hydrogen-bond acceptors (Lipinski definition) is 8. The molecule has 1 aliphatic carbocycles. The molecule has 2 amide bonds. The van der Waals surface area contributed by atoms with Crippen LogP contribution < -0.4 is 16.0 Å². The first-order valence-corrected chi connectivity index (χ1v) is 12.4. The summed E-state index contributed by atoms with van der Waals surface area (Å²) in [6.45, 7) is 1.70. The van der Waals surface area contributed by atoms with Crippen molar-refractivity contribution in [3.8, 4) is 5.69 Å². The topological polar surface area (TPSA) is 146 Å². The molecule has 0 radical (unpaired) electrons. The van der Waals surface area contributed by atoms with E-state index in [4.69, 9.17) is 15.5 Å². The smallest absolute Gasteiger partial charge is 0.271 e. The second-order valence-electron chi connectivity index (χ2n) is 9.75. The normalized spacial score (nSPS) is 17.5. The molecule has 0 bridgehead atoms. The van der Waals surface area contributed by atoms with Crippen LogP contribution >= 0.6 is 0 Å². The highest BCUT2D eigenvalue weighted by molar-refractivity contribution is 5.98. The van der Waals surface area contributed by atoms with Gasteiger partial charge in [-0.25, -0.2) is 19.9 Å². The maximum absolute atomic E-state index is 12.5. The van der Waals surface area contributed by atoms with Crippen molar-refractivity contribution in [2.24, 2.45) is 5.73 Å². The molecule has 7 rings (SSSR count). The van der Waals surface area contributed by atoms with Crippen molar-refractivity contribution < 1.29 is 14.3 Å². The van der Waals surface area contributed by atoms with Crippen LogP contribution in [0.1, 0.15) is 51.7 Å². The number of nitrogens with one attached hydrogen (secondary N) is 1. The number of fused-ring (bicyclic) bond motifs is 2. The maximum Gasteiger partial charge on any atom is 0.271 e. The largest absolute Gasteiger partial charge is 0.377 e. The number of ether oxygens (including phenoxy) is 1. The Morgan fingerprint density at radius 3 is 2.73 bits per heavy atom. The quantitative estimate of drug-likeness (QED) is 0.407. The highest BCUT2D eigenvalue weighted by Crippen LogP contribution is 2.39. The number of rotatable bonds is 6. The molecule has 0 spiro atoms. The summed E-state index contributed by atoms with van der Waals surface area (Å²) in [4.78, 5) is 45.4. The molecule has 6 heterocycles. The molecule has 0 aromatic carbocycles. The van der Waals surface area contributed by atoms with Crippen molar-refractivity contribution in [3.05, 3.63) is 54.0 Å². The number of nitrogens with two attached hydrogens (primary N) is 1. The van der Waals surface area contributed by atoms with Crippen LogP contribution in [0.3, 0.4) is 0 Å². The first kappa shape index (κ1) is 21.9. The Morgan fingerprint density at radius 1 is 1.11 bits per heavy atom. The minimum Gasteiger partial charge on any atom is -0.377 e. The van der Waals surface area contributed by atoms with Gasteiger partial charge in [0.1, 0.15) is 29.2 Å². The average molecular weight is 500 g/mol. The molecule has 0 atom stereocenters. The van der Waals surface area contributed by atoms with Crippen LogP contribution in [0.4, 0.5) is 11.6 Å². The minimum atomic E-state index is -0.600. The van der Waals surface area contributed by atoms with E-state index in [1.54, 1.807) is 23.0 Å². The summed E-state index contributed by atoms with van der Waals surface area (Å²) in [5, 5.41) is 2.85. The van der Waals surface area contributed by atoms with Crippen molar-refractivity contribution in [3.63, 3.8) is 0 Å². The molecule has 12 heteroatoms. The number of aromatic nitrogens is 6. The Kier molecular flexibility index (Phi) is 4.96. The van der Waals surface area contributed by atoms with Gasteiger partial charge in [-0.2, -0.15) is 0 Å². The first-order chi connectivity index (χ1) is 18.0. The zero-order valence-electron chi connectivity index (χ0n) is 20.0. The molecular weight excluding hydrogens is 474 g/mol. The number of imidazole rings is 2. The molecule has 4 aromatic heterocycles. The molecule has 188 valence electrons. The van der Waals surface area contributed by atoms with Gasteiger partial charge in [-0.3, -0.25) is 9.59 Å². The molecule has 37 heavy (non-hydrogen) atoms. The lowest BCUT2D eigenvalue weighted by molar-refractivity contribution is -0.00354. The lowest BCUT2D eigenvalue weighted by Crippen LogP contribution is -2.48. The third-order valence-electron chi connectivity index (χ3n) is 7.11. The number of nitrogens with zero attached hydrogens (tertiary/aromatic N) is 7. The highest BCUT2D eigenvalue weighted by Gasteiger charge is 2.29. The maximum atomic E-state index is 12.5. The fourth-order valence-electron chi connectivity index (χ4n) is 4.92. The monoisotopic (exact) mass is 499 g/mol. The van der Waals surface area contributed by atoms with Crippen LogP contribution in [-0.2, 0) is 11.2 Å². The van der Waals surface area contributed by atoms with Crippen molar-refractivity contribution in [1.29, 1.82) is 0 Å². The molecule has 12 nitrogen and oxygen atoms in total. The number of amides is 2. The number of hydrogen-bond donors (Lipinski definition) is 2. The Labute approximate surface area is 211 Å². The lowest BCUT2D eigenvalue weighted by Gasteiger charge is -2.29. The van der Waals surface area contributed by atoms with Crippen LogP contribution in [0.5, 0.6) is 0 Å². The van der Waals surface area contributed by atoms with Gasteiger partial charge >= 0.3 is 0 Å². The van der Waals surface area contributed by atoms with Crippen molar-refractivity contribution in [2.45, 2.75) is 37.8 Å². The molecule has 4 aromatic rings. The van der Waals surface area contributed by atoms with Crippen LogP contribution in [0, 0.1) is 0 Å². The van der Waals surface area contributed by atoms with Gasteiger partial charge in [0.05, 0.1) is 43.0 Å². The van der Waals surface area contributed by atoms with E-state index in [2.05, 4.69) is 30.9 Å². The van der Waals surface area contributed by atoms with E-state index in [0.29, 0.717) is 37.3 Å². The fourth-order valence-corrected chi connectivity index (χ4v) is 4.92. The molecular formula is C25H25N9O3. The van der Waals surface area contributed by atoms with E-state index in [1.807, 2.05) is 11.2 Å². The van der Waals surface area contributed by atoms with Gasteiger partial charge in [0.2, 0.25) is 0 Å². The van der Waals surface area contributed by atoms with E-state index in [0.717, 1.165) is 48.2 Å². The number of anilines is 2. The zero-order valence-corrected chi connectivity index (χ0v) is 20.0. The van der Waals surface area contributed by atoms with Crippen molar-refractivity contribution in [2.75, 3.05) is 24.7 Å². The third kappa shape index (κ3) is 3.80. The number of aryl methyl sites for hydroxylation is 1. The fraction of sp³-hybridized carbons (Fsp3) is 0.360. The summed E-state index contributed by atoms with van der Waals surface area (Å²) in [6.07, 6.45) is 10.6. The minimum absolute atomic E-state index is 0.00930. The number of pyridine rings is 2. The highest BCUT2D eigenvalue weighted by atomic mass is 16.5. The summed E-state index contributed by atoms with van der Waals surface area (Å²) < 4.78 is 8.83. The predicted molar refractivity (Wildman–Crippen MR) is 133 cm³/mol. The molecule has 1 saturated heterocycles. The molecule has 3 aliphatic rings. The second-order valence-corrected chi connectivity index (χ2v) is 9.75. The van der Waals surface area contributed by atoms with Gasteiger partial charge < -0.3 is 29.8 Å². The van der Waals surface area contributed by atoms with Gasteiger partial charge in [-0.15, -0.1) is 0 Å². The summed E-state index contributed by atoms with van der Waals surface area (Å²) in [5.41, 5.74) is 9.62. The summed E-state index contributed by atoms with van der Waals surface area (Å²) in [5.74, 6) is 0.520. The number of primary amides is 1. The van der Waals surface area contributed by atoms with E-state index in [-0.39, 0.29) is 23.2 Å². The van der Waals surface area contributed by atoms with E-state index in [1.165, 1.54) is 6.33 Å². The summed E-state index contributed by atoms with van der Waals surface area (Å²) >= 11 is 0. The summed E-state index contributed by atoms with van der Waals surface area (Å²) in [7, 11) is 0. The van der Waals surface area contributed by atoms with Crippen LogP contribution in [0.2, 0.25) is 0 Å². The lowest BCUT2D eigenvalue weighted by atomic mass is 10.0. The average Bonchev–Trinajstić information content (AvgIpc) is 3.45. The number of carbonyl (C=O) groups excluding carboxylic acids is 2. The third-order valence-corrected chi connectivity index (χ3v) is 7.11. The van der Waals surface area contributed by atoms with Crippen LogP contribution in [0.15, 0.2) is 37.2 Å². The molecule has 2 fully saturated rings. The SMILES string of the molecule is NC(=O)c1cc(N2CCCc3cc4ncn(C5CC5)c4nc32)ncc1-n1cnc(C(=O)NC2COC2)c1. The number of carbonyl (C=O) groups is 2. The molecule has 3 N–H and O–H groups in total. The Bertz CT molecular complexity index is 1550. The van der Waals surface area contributed by atoms with Gasteiger partial charge in [0.25, 0.3) is 11.8 Å². The van der Waals surface area contributed by atoms with E-state index >= 15 is 0 Å². The Hall–Kier alpha value is -4.32. The van der Waals surface area contributed by atoms with Crippen LogP contribution in [-0.4, -0.2) is 66.7 Å². The van der Waals surface area contributed by atoms with E-state index < -0.39 is 5.91 Å². The van der Waals surface area contributed by atoms with Gasteiger partial charge in [-0.1, -0.05) is 0 Å². The second kappa shape index (κ2) is 8.37. The van der Waals surface area contributed by atoms with Gasteiger partial charge in [0.15, 0.2) is 5.65 Å². The molecule has 0 unspecified atom stereocenters. The van der Waals surface area contributed by atoms with Crippen molar-refractivity contribution >= 4 is 34.6 Å². The van der Waals surface area contributed by atoms with Gasteiger partial charge in [0, 0.05) is 18.8 Å². The Morgan fingerprint density at radius 2 is 1.97 bits per heavy atom. The first-order valence-electron chi connectivity index (χ1n) is 12.4.